The second-order valence-electron chi connectivity index (χ2n) is 10.2. The van der Waals surface area contributed by atoms with E-state index in [4.69, 9.17) is 5.73 Å². The molecule has 1 amide bonds. The van der Waals surface area contributed by atoms with E-state index < -0.39 is 0 Å². The van der Waals surface area contributed by atoms with E-state index >= 15 is 0 Å². The van der Waals surface area contributed by atoms with E-state index in [-0.39, 0.29) is 11.5 Å². The number of amides is 1. The summed E-state index contributed by atoms with van der Waals surface area (Å²) in [6.45, 7) is 6.05. The molecule has 9 nitrogen and oxygen atoms in total. The number of carbonyl (C=O) groups is 1. The highest BCUT2D eigenvalue weighted by atomic mass is 16.2. The first-order chi connectivity index (χ1) is 19.4. The highest BCUT2D eigenvalue weighted by Crippen LogP contribution is 2.33. The van der Waals surface area contributed by atoms with Crippen molar-refractivity contribution in [1.82, 2.24) is 24.2 Å². The normalized spacial score (nSPS) is 13.0. The predicted octanol–water partition coefficient (Wildman–Crippen LogP) is 4.46. The number of amidine groups is 1. The fraction of sp³-hybridized carbons (Fsp3) is 0.323. The molecule has 4 aromatic rings. The molecule has 2 aromatic heterocycles. The van der Waals surface area contributed by atoms with Gasteiger partial charge in [0.25, 0.3) is 5.56 Å². The smallest absolute Gasteiger partial charge is 0.274 e. The lowest BCUT2D eigenvalue weighted by Gasteiger charge is -2.22. The van der Waals surface area contributed by atoms with Gasteiger partial charge in [0.05, 0.1) is 23.8 Å². The van der Waals surface area contributed by atoms with Crippen LogP contribution in [-0.2, 0) is 24.8 Å². The SMILES string of the molecule is CCCN(CCC)C(=O)C1=Cc2ccc(-c3ccc4c(=O)n(CCc5nccn5C)ncc4c3)cc2N=C(N)C1. The molecule has 2 N–H and O–H groups in total. The number of rotatable bonds is 9. The van der Waals surface area contributed by atoms with Gasteiger partial charge in [-0.25, -0.2) is 14.7 Å². The number of nitrogens with zero attached hydrogens (tertiary/aromatic N) is 6. The van der Waals surface area contributed by atoms with E-state index in [1.807, 2.05) is 65.2 Å². The first kappa shape index (κ1) is 27.1. The number of aliphatic imine (C=N–C) groups is 1. The van der Waals surface area contributed by atoms with Crippen molar-refractivity contribution in [2.75, 3.05) is 13.1 Å². The molecule has 0 spiro atoms. The maximum Gasteiger partial charge on any atom is 0.274 e. The molecule has 0 atom stereocenters. The van der Waals surface area contributed by atoms with Crippen molar-refractivity contribution >= 4 is 34.3 Å². The van der Waals surface area contributed by atoms with Crippen molar-refractivity contribution < 1.29 is 4.79 Å². The maximum absolute atomic E-state index is 13.3. The Morgan fingerprint density at radius 3 is 2.55 bits per heavy atom. The lowest BCUT2D eigenvalue weighted by atomic mass is 9.99. The van der Waals surface area contributed by atoms with Gasteiger partial charge in [-0.2, -0.15) is 5.10 Å². The minimum Gasteiger partial charge on any atom is -0.387 e. The molecule has 40 heavy (non-hydrogen) atoms. The number of imidazole rings is 1. The number of hydrogen-bond donors (Lipinski definition) is 1. The molecular weight excluding hydrogens is 502 g/mol. The van der Waals surface area contributed by atoms with Crippen molar-refractivity contribution in [3.63, 3.8) is 0 Å². The fourth-order valence-corrected chi connectivity index (χ4v) is 5.14. The first-order valence-corrected chi connectivity index (χ1v) is 13.8. The summed E-state index contributed by atoms with van der Waals surface area (Å²) in [5, 5.41) is 5.80. The topological polar surface area (TPSA) is 111 Å². The molecule has 1 aliphatic rings. The molecule has 2 aromatic carbocycles. The largest absolute Gasteiger partial charge is 0.387 e. The van der Waals surface area contributed by atoms with Gasteiger partial charge in [-0.15, -0.1) is 0 Å². The van der Waals surface area contributed by atoms with Crippen molar-refractivity contribution in [2.45, 2.75) is 46.1 Å². The van der Waals surface area contributed by atoms with Crippen LogP contribution in [0.3, 0.4) is 0 Å². The molecule has 0 fully saturated rings. The summed E-state index contributed by atoms with van der Waals surface area (Å²) in [5.41, 5.74) is 10.3. The summed E-state index contributed by atoms with van der Waals surface area (Å²) in [6.07, 6.45) is 10.0. The third kappa shape index (κ3) is 5.59. The third-order valence-electron chi connectivity index (χ3n) is 7.20. The maximum atomic E-state index is 13.3. The number of hydrogen-bond acceptors (Lipinski definition) is 6. The quantitative estimate of drug-likeness (QED) is 0.339. The van der Waals surface area contributed by atoms with E-state index in [0.717, 1.165) is 59.5 Å². The zero-order chi connectivity index (χ0) is 28.2. The van der Waals surface area contributed by atoms with Gasteiger partial charge in [-0.3, -0.25) is 9.59 Å². The molecule has 0 radical (unpaired) electrons. The standard InChI is InChI=1S/C31H35N7O2/c1-4-12-37(13-5-2)30(39)24-17-23-7-6-22(18-27(23)35-28(32)19-24)21-8-9-26-25(16-21)20-34-38(31(26)40)14-10-29-33-11-15-36(29)3/h6-9,11,15-18,20H,4-5,10,12-14,19H2,1-3H3,(H2,32,35). The second kappa shape index (κ2) is 11.7. The van der Waals surface area contributed by atoms with E-state index in [1.165, 1.54) is 4.68 Å². The van der Waals surface area contributed by atoms with Crippen LogP contribution in [0.4, 0.5) is 5.69 Å². The van der Waals surface area contributed by atoms with Gasteiger partial charge in [-0.05, 0) is 48.2 Å². The number of benzene rings is 2. The second-order valence-corrected chi connectivity index (χ2v) is 10.2. The Labute approximate surface area is 233 Å². The lowest BCUT2D eigenvalue weighted by molar-refractivity contribution is -0.127. The predicted molar refractivity (Wildman–Crippen MR) is 159 cm³/mol. The molecule has 0 aliphatic carbocycles. The van der Waals surface area contributed by atoms with Gasteiger partial charge in [0.2, 0.25) is 5.91 Å². The molecule has 3 heterocycles. The molecule has 0 bridgehead atoms. The van der Waals surface area contributed by atoms with Crippen LogP contribution in [0.15, 0.2) is 70.3 Å². The molecule has 0 saturated carbocycles. The Morgan fingerprint density at radius 1 is 1.07 bits per heavy atom. The highest BCUT2D eigenvalue weighted by Gasteiger charge is 2.21. The van der Waals surface area contributed by atoms with Gasteiger partial charge < -0.3 is 15.2 Å². The monoisotopic (exact) mass is 537 g/mol. The van der Waals surface area contributed by atoms with Crippen molar-refractivity contribution in [3.8, 4) is 11.1 Å². The van der Waals surface area contributed by atoms with Crippen LogP contribution in [0.5, 0.6) is 0 Å². The van der Waals surface area contributed by atoms with E-state index in [9.17, 15) is 9.59 Å². The Balaban J connectivity index is 1.42. The van der Waals surface area contributed by atoms with Gasteiger partial charge in [0, 0.05) is 61.9 Å². The van der Waals surface area contributed by atoms with Crippen LogP contribution in [0.1, 0.15) is 44.5 Å². The third-order valence-corrected chi connectivity index (χ3v) is 7.20. The van der Waals surface area contributed by atoms with E-state index in [1.54, 1.807) is 12.4 Å². The summed E-state index contributed by atoms with van der Waals surface area (Å²) in [6, 6.07) is 11.7. The van der Waals surface area contributed by atoms with E-state index in [2.05, 4.69) is 28.9 Å². The summed E-state index contributed by atoms with van der Waals surface area (Å²) < 4.78 is 3.43. The summed E-state index contributed by atoms with van der Waals surface area (Å²) in [4.78, 5) is 37.2. The van der Waals surface area contributed by atoms with Crippen molar-refractivity contribution in [2.24, 2.45) is 17.8 Å². The zero-order valence-corrected chi connectivity index (χ0v) is 23.3. The Hall–Kier alpha value is -4.53. The number of carbonyl (C=O) groups excluding carboxylic acids is 1. The minimum absolute atomic E-state index is 0.0198. The summed E-state index contributed by atoms with van der Waals surface area (Å²) >= 11 is 0. The summed E-state index contributed by atoms with van der Waals surface area (Å²) in [7, 11) is 1.94. The van der Waals surface area contributed by atoms with Crippen molar-refractivity contribution in [1.29, 1.82) is 0 Å². The van der Waals surface area contributed by atoms with Gasteiger partial charge >= 0.3 is 0 Å². The summed E-state index contributed by atoms with van der Waals surface area (Å²) in [5.74, 6) is 1.34. The van der Waals surface area contributed by atoms with Crippen LogP contribution in [0.25, 0.3) is 28.0 Å². The molecule has 0 unspecified atom stereocenters. The average Bonchev–Trinajstić information content (AvgIpc) is 3.28. The molecule has 206 valence electrons. The first-order valence-electron chi connectivity index (χ1n) is 13.8. The van der Waals surface area contributed by atoms with Crippen LogP contribution < -0.4 is 11.3 Å². The number of aryl methyl sites for hydroxylation is 3. The Morgan fingerprint density at radius 2 is 1.82 bits per heavy atom. The highest BCUT2D eigenvalue weighted by molar-refractivity contribution is 6.05. The molecule has 9 heteroatoms. The van der Waals surface area contributed by atoms with Crippen LogP contribution in [0, 0.1) is 0 Å². The van der Waals surface area contributed by atoms with Gasteiger partial charge in [0.15, 0.2) is 0 Å². The molecule has 1 aliphatic heterocycles. The van der Waals surface area contributed by atoms with Crippen LogP contribution >= 0.6 is 0 Å². The fourth-order valence-electron chi connectivity index (χ4n) is 5.14. The van der Waals surface area contributed by atoms with Gasteiger partial charge in [-0.1, -0.05) is 32.0 Å². The van der Waals surface area contributed by atoms with Gasteiger partial charge in [0.1, 0.15) is 11.7 Å². The van der Waals surface area contributed by atoms with Crippen LogP contribution in [0.2, 0.25) is 0 Å². The minimum atomic E-state index is -0.125. The Kier molecular flexibility index (Phi) is 7.91. The molecule has 5 rings (SSSR count). The average molecular weight is 538 g/mol. The Bertz CT molecular complexity index is 1670. The van der Waals surface area contributed by atoms with Crippen LogP contribution in [-0.4, -0.2) is 49.1 Å². The molecular formula is C31H35N7O2. The molecule has 0 saturated heterocycles. The number of aromatic nitrogens is 4. The number of fused-ring (bicyclic) bond motifs is 2. The zero-order valence-electron chi connectivity index (χ0n) is 23.3. The van der Waals surface area contributed by atoms with E-state index in [0.29, 0.717) is 36.2 Å². The lowest BCUT2D eigenvalue weighted by Crippen LogP contribution is -2.34. The van der Waals surface area contributed by atoms with Crippen molar-refractivity contribution in [3.05, 3.63) is 82.3 Å². The number of nitrogens with two attached hydrogens (primary N) is 1.